The van der Waals surface area contributed by atoms with Crippen molar-refractivity contribution < 1.29 is 4.74 Å². The van der Waals surface area contributed by atoms with E-state index in [0.717, 1.165) is 5.75 Å². The van der Waals surface area contributed by atoms with Crippen LogP contribution in [0.4, 0.5) is 5.69 Å². The van der Waals surface area contributed by atoms with E-state index in [2.05, 4.69) is 45.1 Å². The van der Waals surface area contributed by atoms with E-state index in [1.54, 1.807) is 7.11 Å². The van der Waals surface area contributed by atoms with Crippen molar-refractivity contribution in [1.29, 1.82) is 0 Å². The van der Waals surface area contributed by atoms with E-state index in [0.29, 0.717) is 11.5 Å². The van der Waals surface area contributed by atoms with Crippen LogP contribution >= 0.6 is 11.8 Å². The normalized spacial score (nSPS) is 22.1. The Kier molecular flexibility index (Phi) is 4.34. The minimum atomic E-state index is 0.357. The van der Waals surface area contributed by atoms with Crippen LogP contribution in [0.5, 0.6) is 5.75 Å². The Morgan fingerprint density at radius 3 is 2.68 bits per heavy atom. The van der Waals surface area contributed by atoms with E-state index in [4.69, 9.17) is 4.74 Å². The third-order valence-electron chi connectivity index (χ3n) is 4.26. The van der Waals surface area contributed by atoms with Crippen LogP contribution < -0.4 is 10.1 Å². The van der Waals surface area contributed by atoms with Crippen molar-refractivity contribution in [3.63, 3.8) is 0 Å². The fourth-order valence-electron chi connectivity index (χ4n) is 2.66. The molecule has 1 aliphatic heterocycles. The average Bonchev–Trinajstić information content (AvgIpc) is 2.35. The quantitative estimate of drug-likeness (QED) is 0.893. The number of benzene rings is 1. The fraction of sp³-hybridized carbons (Fsp3) is 0.625. The lowest BCUT2D eigenvalue weighted by molar-refractivity contribution is 0.305. The Bertz CT molecular complexity index is 456. The Balaban J connectivity index is 2.24. The summed E-state index contributed by atoms with van der Waals surface area (Å²) in [6, 6.07) is 4.84. The molecule has 106 valence electrons. The van der Waals surface area contributed by atoms with Gasteiger partial charge in [-0.1, -0.05) is 19.9 Å². The van der Waals surface area contributed by atoms with Crippen molar-refractivity contribution in [1.82, 2.24) is 0 Å². The van der Waals surface area contributed by atoms with Gasteiger partial charge < -0.3 is 10.1 Å². The van der Waals surface area contributed by atoms with Crippen LogP contribution in [0.2, 0.25) is 0 Å². The topological polar surface area (TPSA) is 21.3 Å². The standard InChI is InChI=1S/C16H25NOS/c1-11-6-7-13(12(2)15(11)18-5)17-14-10-19-9-8-16(14,3)4/h6-7,14,17H,8-10H2,1-5H3. The van der Waals surface area contributed by atoms with E-state index in [1.807, 2.05) is 11.8 Å². The molecule has 0 saturated carbocycles. The summed E-state index contributed by atoms with van der Waals surface area (Å²) >= 11 is 2.05. The minimum Gasteiger partial charge on any atom is -0.496 e. The maximum absolute atomic E-state index is 5.51. The van der Waals surface area contributed by atoms with E-state index in [9.17, 15) is 0 Å². The molecule has 1 N–H and O–H groups in total. The Morgan fingerprint density at radius 2 is 2.05 bits per heavy atom. The first-order chi connectivity index (χ1) is 8.95. The molecule has 1 unspecified atom stereocenters. The Hall–Kier alpha value is -0.830. The lowest BCUT2D eigenvalue weighted by atomic mass is 9.82. The zero-order chi connectivity index (χ0) is 14.0. The number of thioether (sulfide) groups is 1. The molecule has 2 nitrogen and oxygen atoms in total. The number of methoxy groups -OCH3 is 1. The van der Waals surface area contributed by atoms with Crippen molar-refractivity contribution in [2.45, 2.75) is 40.2 Å². The summed E-state index contributed by atoms with van der Waals surface area (Å²) in [6.45, 7) is 8.96. The molecular weight excluding hydrogens is 254 g/mol. The zero-order valence-electron chi connectivity index (χ0n) is 12.7. The highest BCUT2D eigenvalue weighted by atomic mass is 32.2. The van der Waals surface area contributed by atoms with Crippen LogP contribution in [0.15, 0.2) is 12.1 Å². The molecule has 0 radical (unpaired) electrons. The average molecular weight is 279 g/mol. The summed E-state index contributed by atoms with van der Waals surface area (Å²) in [5.74, 6) is 3.47. The molecule has 0 spiro atoms. The van der Waals surface area contributed by atoms with Crippen molar-refractivity contribution >= 4 is 17.4 Å². The molecule has 0 bridgehead atoms. The number of hydrogen-bond donors (Lipinski definition) is 1. The van der Waals surface area contributed by atoms with Gasteiger partial charge in [0, 0.05) is 23.0 Å². The van der Waals surface area contributed by atoms with Crippen molar-refractivity contribution in [3.8, 4) is 5.75 Å². The van der Waals surface area contributed by atoms with Crippen LogP contribution in [0.3, 0.4) is 0 Å². The van der Waals surface area contributed by atoms with Gasteiger partial charge in [-0.05, 0) is 43.1 Å². The van der Waals surface area contributed by atoms with Crippen LogP contribution in [0, 0.1) is 19.3 Å². The molecule has 1 atom stereocenters. The predicted octanol–water partition coefficient (Wildman–Crippen LogP) is 4.26. The predicted molar refractivity (Wildman–Crippen MR) is 85.6 cm³/mol. The number of ether oxygens (including phenoxy) is 1. The maximum atomic E-state index is 5.51. The highest BCUT2D eigenvalue weighted by molar-refractivity contribution is 7.99. The molecule has 2 rings (SSSR count). The third-order valence-corrected chi connectivity index (χ3v) is 5.32. The van der Waals surface area contributed by atoms with Gasteiger partial charge in [0.1, 0.15) is 5.75 Å². The molecule has 1 heterocycles. The molecule has 0 aliphatic carbocycles. The van der Waals surface area contributed by atoms with E-state index >= 15 is 0 Å². The van der Waals surface area contributed by atoms with Gasteiger partial charge in [0.05, 0.1) is 7.11 Å². The van der Waals surface area contributed by atoms with Crippen molar-refractivity contribution in [3.05, 3.63) is 23.3 Å². The molecule has 1 saturated heterocycles. The highest BCUT2D eigenvalue weighted by Crippen LogP contribution is 2.38. The monoisotopic (exact) mass is 279 g/mol. The SMILES string of the molecule is COc1c(C)ccc(NC2CSCCC2(C)C)c1C. The van der Waals surface area contributed by atoms with Gasteiger partial charge in [0.15, 0.2) is 0 Å². The van der Waals surface area contributed by atoms with Crippen molar-refractivity contribution in [2.24, 2.45) is 5.41 Å². The smallest absolute Gasteiger partial charge is 0.126 e. The molecule has 1 aromatic rings. The van der Waals surface area contributed by atoms with Gasteiger partial charge in [-0.2, -0.15) is 11.8 Å². The van der Waals surface area contributed by atoms with Crippen LogP contribution in [-0.2, 0) is 0 Å². The molecule has 3 heteroatoms. The first-order valence-corrected chi connectivity index (χ1v) is 8.09. The number of nitrogens with one attached hydrogen (secondary N) is 1. The largest absolute Gasteiger partial charge is 0.496 e. The van der Waals surface area contributed by atoms with Crippen molar-refractivity contribution in [2.75, 3.05) is 23.9 Å². The number of anilines is 1. The minimum absolute atomic E-state index is 0.357. The van der Waals surface area contributed by atoms with Gasteiger partial charge in [0.25, 0.3) is 0 Å². The van der Waals surface area contributed by atoms with E-state index < -0.39 is 0 Å². The van der Waals surface area contributed by atoms with Crippen LogP contribution in [-0.4, -0.2) is 24.7 Å². The molecular formula is C16H25NOS. The van der Waals surface area contributed by atoms with Crippen LogP contribution in [0.1, 0.15) is 31.4 Å². The number of aryl methyl sites for hydroxylation is 1. The molecule has 0 aromatic heterocycles. The maximum Gasteiger partial charge on any atom is 0.126 e. The van der Waals surface area contributed by atoms with Crippen LogP contribution in [0.25, 0.3) is 0 Å². The summed E-state index contributed by atoms with van der Waals surface area (Å²) in [6.07, 6.45) is 1.28. The summed E-state index contributed by atoms with van der Waals surface area (Å²) in [7, 11) is 1.75. The lowest BCUT2D eigenvalue weighted by Crippen LogP contribution is -2.41. The Labute approximate surface area is 121 Å². The summed E-state index contributed by atoms with van der Waals surface area (Å²) in [5, 5.41) is 3.74. The first kappa shape index (κ1) is 14.6. The molecule has 1 aromatic carbocycles. The molecule has 19 heavy (non-hydrogen) atoms. The van der Waals surface area contributed by atoms with Gasteiger partial charge in [-0.15, -0.1) is 0 Å². The van der Waals surface area contributed by atoms with E-state index in [1.165, 1.54) is 34.7 Å². The lowest BCUT2D eigenvalue weighted by Gasteiger charge is -2.39. The van der Waals surface area contributed by atoms with E-state index in [-0.39, 0.29) is 0 Å². The van der Waals surface area contributed by atoms with Gasteiger partial charge >= 0.3 is 0 Å². The molecule has 1 fully saturated rings. The summed E-state index contributed by atoms with van der Waals surface area (Å²) in [4.78, 5) is 0. The summed E-state index contributed by atoms with van der Waals surface area (Å²) < 4.78 is 5.51. The third kappa shape index (κ3) is 3.02. The highest BCUT2D eigenvalue weighted by Gasteiger charge is 2.32. The van der Waals surface area contributed by atoms with Gasteiger partial charge in [0.2, 0.25) is 0 Å². The Morgan fingerprint density at radius 1 is 1.32 bits per heavy atom. The van der Waals surface area contributed by atoms with Gasteiger partial charge in [-0.25, -0.2) is 0 Å². The second kappa shape index (κ2) is 5.66. The second-order valence-electron chi connectivity index (χ2n) is 6.10. The molecule has 1 aliphatic rings. The summed E-state index contributed by atoms with van der Waals surface area (Å²) in [5.41, 5.74) is 3.98. The second-order valence-corrected chi connectivity index (χ2v) is 7.25. The molecule has 0 amide bonds. The fourth-order valence-corrected chi connectivity index (χ4v) is 4.27. The number of rotatable bonds is 3. The number of hydrogen-bond acceptors (Lipinski definition) is 3. The first-order valence-electron chi connectivity index (χ1n) is 6.94. The zero-order valence-corrected chi connectivity index (χ0v) is 13.5. The van der Waals surface area contributed by atoms with Gasteiger partial charge in [-0.3, -0.25) is 0 Å².